The summed E-state index contributed by atoms with van der Waals surface area (Å²) < 4.78 is 13.0. The lowest BCUT2D eigenvalue weighted by Crippen LogP contribution is -2.22. The van der Waals surface area contributed by atoms with E-state index in [1.165, 1.54) is 12.1 Å². The van der Waals surface area contributed by atoms with Gasteiger partial charge < -0.3 is 11.1 Å². The molecule has 0 saturated carbocycles. The smallest absolute Gasteiger partial charge is 0.238 e. The second-order valence-corrected chi connectivity index (χ2v) is 2.53. The van der Waals surface area contributed by atoms with E-state index in [4.69, 9.17) is 11.0 Å². The fourth-order valence-corrected chi connectivity index (χ4v) is 0.943. The minimum Gasteiger partial charge on any atom is -0.324 e. The zero-order valence-electron chi connectivity index (χ0n) is 7.25. The first-order chi connectivity index (χ1) is 6.69. The number of amides is 1. The quantitative estimate of drug-likeness (QED) is 0.721. The van der Waals surface area contributed by atoms with Gasteiger partial charge in [0, 0.05) is 0 Å². The first-order valence-electron chi connectivity index (χ1n) is 3.87. The highest BCUT2D eigenvalue weighted by atomic mass is 19.1. The Morgan fingerprint density at radius 1 is 1.64 bits per heavy atom. The van der Waals surface area contributed by atoms with Crippen molar-refractivity contribution in [2.24, 2.45) is 5.73 Å². The van der Waals surface area contributed by atoms with E-state index in [1.54, 1.807) is 6.07 Å². The number of benzene rings is 1. The van der Waals surface area contributed by atoms with E-state index in [0.717, 1.165) is 6.07 Å². The standard InChI is InChI=1S/C9H8FN3O/c10-7-2-1-3-8(6(7)4-11)13-9(14)5-12/h1-3H,5,12H2,(H,13,14). The second-order valence-electron chi connectivity index (χ2n) is 2.53. The fraction of sp³-hybridized carbons (Fsp3) is 0.111. The first-order valence-corrected chi connectivity index (χ1v) is 3.87. The van der Waals surface area contributed by atoms with Crippen molar-refractivity contribution in [3.05, 3.63) is 29.6 Å². The van der Waals surface area contributed by atoms with Gasteiger partial charge in [-0.05, 0) is 12.1 Å². The molecule has 1 aromatic rings. The molecule has 0 bridgehead atoms. The van der Waals surface area contributed by atoms with E-state index in [1.807, 2.05) is 0 Å². The van der Waals surface area contributed by atoms with Crippen LogP contribution in [0.15, 0.2) is 18.2 Å². The van der Waals surface area contributed by atoms with Crippen molar-refractivity contribution in [1.82, 2.24) is 0 Å². The van der Waals surface area contributed by atoms with E-state index in [2.05, 4.69) is 5.32 Å². The Morgan fingerprint density at radius 2 is 2.36 bits per heavy atom. The van der Waals surface area contributed by atoms with Gasteiger partial charge >= 0.3 is 0 Å². The molecule has 0 unspecified atom stereocenters. The van der Waals surface area contributed by atoms with Gasteiger partial charge in [-0.15, -0.1) is 0 Å². The predicted octanol–water partition coefficient (Wildman–Crippen LogP) is 0.595. The maximum Gasteiger partial charge on any atom is 0.238 e. The summed E-state index contributed by atoms with van der Waals surface area (Å²) in [6.45, 7) is -0.207. The summed E-state index contributed by atoms with van der Waals surface area (Å²) in [6, 6.07) is 5.66. The van der Waals surface area contributed by atoms with Gasteiger partial charge in [0.05, 0.1) is 12.2 Å². The molecule has 0 aliphatic heterocycles. The van der Waals surface area contributed by atoms with Crippen molar-refractivity contribution in [2.75, 3.05) is 11.9 Å². The average Bonchev–Trinajstić information content (AvgIpc) is 2.18. The predicted molar refractivity (Wildman–Crippen MR) is 48.8 cm³/mol. The van der Waals surface area contributed by atoms with Crippen LogP contribution in [0.1, 0.15) is 5.56 Å². The maximum atomic E-state index is 13.0. The van der Waals surface area contributed by atoms with E-state index < -0.39 is 11.7 Å². The lowest BCUT2D eigenvalue weighted by atomic mass is 10.2. The van der Waals surface area contributed by atoms with Crippen LogP contribution in [0.25, 0.3) is 0 Å². The number of rotatable bonds is 2. The monoisotopic (exact) mass is 193 g/mol. The number of nitrogens with zero attached hydrogens (tertiary/aromatic N) is 1. The van der Waals surface area contributed by atoms with Gasteiger partial charge in [-0.3, -0.25) is 4.79 Å². The van der Waals surface area contributed by atoms with Crippen LogP contribution in [0, 0.1) is 17.1 Å². The Morgan fingerprint density at radius 3 is 2.93 bits per heavy atom. The summed E-state index contributed by atoms with van der Waals surface area (Å²) in [5.41, 5.74) is 5.02. The Kier molecular flexibility index (Phi) is 3.15. The number of carbonyl (C=O) groups is 1. The average molecular weight is 193 g/mol. The molecule has 0 aromatic heterocycles. The van der Waals surface area contributed by atoms with Gasteiger partial charge in [-0.25, -0.2) is 4.39 Å². The van der Waals surface area contributed by atoms with Crippen LogP contribution < -0.4 is 11.1 Å². The highest BCUT2D eigenvalue weighted by Gasteiger charge is 2.09. The molecule has 0 saturated heterocycles. The Bertz CT molecular complexity index is 398. The van der Waals surface area contributed by atoms with Crippen LogP contribution in [0.4, 0.5) is 10.1 Å². The SMILES string of the molecule is N#Cc1c(F)cccc1NC(=O)CN. The number of hydrogen-bond donors (Lipinski definition) is 2. The first kappa shape index (κ1) is 10.2. The molecule has 5 heteroatoms. The third-order valence-electron chi connectivity index (χ3n) is 1.58. The molecule has 0 atom stereocenters. The number of carbonyl (C=O) groups excluding carboxylic acids is 1. The molecule has 1 aromatic carbocycles. The number of nitrogens with one attached hydrogen (secondary N) is 1. The van der Waals surface area contributed by atoms with Crippen LogP contribution in [0.2, 0.25) is 0 Å². The minimum absolute atomic E-state index is 0.142. The van der Waals surface area contributed by atoms with Gasteiger partial charge in [0.15, 0.2) is 0 Å². The topological polar surface area (TPSA) is 78.9 Å². The highest BCUT2D eigenvalue weighted by Crippen LogP contribution is 2.17. The largest absolute Gasteiger partial charge is 0.324 e. The lowest BCUT2D eigenvalue weighted by Gasteiger charge is -2.05. The molecule has 1 amide bonds. The molecule has 0 fully saturated rings. The van der Waals surface area contributed by atoms with Crippen LogP contribution >= 0.6 is 0 Å². The molecule has 0 radical (unpaired) electrons. The Balaban J connectivity index is 3.04. The van der Waals surface area contributed by atoms with Gasteiger partial charge in [0.25, 0.3) is 0 Å². The van der Waals surface area contributed by atoms with Crippen LogP contribution in [0.5, 0.6) is 0 Å². The summed E-state index contributed by atoms with van der Waals surface area (Å²) in [7, 11) is 0. The van der Waals surface area contributed by atoms with Crippen LogP contribution in [0.3, 0.4) is 0 Å². The normalized spacial score (nSPS) is 9.21. The maximum absolute atomic E-state index is 13.0. The molecule has 3 N–H and O–H groups in total. The molecular formula is C9H8FN3O. The number of hydrogen-bond acceptors (Lipinski definition) is 3. The summed E-state index contributed by atoms with van der Waals surface area (Å²) in [6.07, 6.45) is 0. The van der Waals surface area contributed by atoms with Crippen molar-refractivity contribution < 1.29 is 9.18 Å². The minimum atomic E-state index is -0.665. The van der Waals surface area contributed by atoms with Gasteiger partial charge in [0.1, 0.15) is 17.4 Å². The Labute approximate surface area is 80.1 Å². The number of halogens is 1. The third kappa shape index (κ3) is 2.06. The van der Waals surface area contributed by atoms with Crippen molar-refractivity contribution >= 4 is 11.6 Å². The number of nitrogens with two attached hydrogens (primary N) is 1. The second kappa shape index (κ2) is 4.35. The molecule has 1 rings (SSSR count). The summed E-state index contributed by atoms with van der Waals surface area (Å²) >= 11 is 0. The van der Waals surface area contributed by atoms with E-state index >= 15 is 0 Å². The highest BCUT2D eigenvalue weighted by molar-refractivity contribution is 5.93. The van der Waals surface area contributed by atoms with Gasteiger partial charge in [0.2, 0.25) is 5.91 Å². The van der Waals surface area contributed by atoms with Crippen molar-refractivity contribution in [2.45, 2.75) is 0 Å². The van der Waals surface area contributed by atoms with Crippen molar-refractivity contribution in [3.8, 4) is 6.07 Å². The number of nitriles is 1. The van der Waals surface area contributed by atoms with E-state index in [-0.39, 0.29) is 17.8 Å². The molecule has 0 aliphatic rings. The summed E-state index contributed by atoms with van der Waals surface area (Å²) in [5, 5.41) is 10.9. The van der Waals surface area contributed by atoms with E-state index in [0.29, 0.717) is 0 Å². The summed E-state index contributed by atoms with van der Waals surface area (Å²) in [5.74, 6) is -1.13. The zero-order valence-corrected chi connectivity index (χ0v) is 7.25. The van der Waals surface area contributed by atoms with Crippen molar-refractivity contribution in [1.29, 1.82) is 5.26 Å². The fourth-order valence-electron chi connectivity index (χ4n) is 0.943. The van der Waals surface area contributed by atoms with Gasteiger partial charge in [-0.1, -0.05) is 6.07 Å². The summed E-state index contributed by atoms with van der Waals surface area (Å²) in [4.78, 5) is 10.9. The molecule has 0 spiro atoms. The van der Waals surface area contributed by atoms with Gasteiger partial charge in [-0.2, -0.15) is 5.26 Å². The number of anilines is 1. The third-order valence-corrected chi connectivity index (χ3v) is 1.58. The molecule has 0 aliphatic carbocycles. The molecular weight excluding hydrogens is 185 g/mol. The molecule has 14 heavy (non-hydrogen) atoms. The van der Waals surface area contributed by atoms with Crippen molar-refractivity contribution in [3.63, 3.8) is 0 Å². The molecule has 72 valence electrons. The van der Waals surface area contributed by atoms with Crippen LogP contribution in [-0.2, 0) is 4.79 Å². The van der Waals surface area contributed by atoms with Crippen LogP contribution in [-0.4, -0.2) is 12.5 Å². The molecule has 4 nitrogen and oxygen atoms in total. The van der Waals surface area contributed by atoms with E-state index in [9.17, 15) is 9.18 Å². The Hall–Kier alpha value is -1.93. The zero-order chi connectivity index (χ0) is 10.6. The lowest BCUT2D eigenvalue weighted by molar-refractivity contribution is -0.114. The molecule has 0 heterocycles.